The van der Waals surface area contributed by atoms with Gasteiger partial charge in [0.25, 0.3) is 0 Å². The summed E-state index contributed by atoms with van der Waals surface area (Å²) < 4.78 is 5.51. The van der Waals surface area contributed by atoms with E-state index in [0.29, 0.717) is 0 Å². The summed E-state index contributed by atoms with van der Waals surface area (Å²) in [5.41, 5.74) is 5.48. The molecule has 0 aromatic heterocycles. The maximum Gasteiger partial charge on any atom is 0.122 e. The average molecular weight is 252 g/mol. The Morgan fingerprint density at radius 1 is 1.53 bits per heavy atom. The number of hydrogen-bond donors (Lipinski definition) is 2. The van der Waals surface area contributed by atoms with Crippen LogP contribution in [0.4, 0.5) is 0 Å². The van der Waals surface area contributed by atoms with E-state index in [9.17, 15) is 0 Å². The number of fused-ring (bicyclic) bond motifs is 1. The van der Waals surface area contributed by atoms with Gasteiger partial charge in [-0.2, -0.15) is 11.8 Å². The first kappa shape index (κ1) is 12.7. The summed E-state index contributed by atoms with van der Waals surface area (Å²) in [6.45, 7) is 3.01. The number of nitrogens with one attached hydrogen (secondary N) is 1. The van der Waals surface area contributed by atoms with Crippen LogP contribution in [0.5, 0.6) is 5.75 Å². The highest BCUT2D eigenvalue weighted by atomic mass is 32.2. The molecule has 1 aliphatic rings. The van der Waals surface area contributed by atoms with Crippen molar-refractivity contribution in [1.82, 2.24) is 5.43 Å². The van der Waals surface area contributed by atoms with E-state index >= 15 is 0 Å². The minimum Gasteiger partial charge on any atom is -0.493 e. The molecule has 3 N–H and O–H groups in total. The number of hydrazine groups is 1. The van der Waals surface area contributed by atoms with E-state index in [2.05, 4.69) is 30.5 Å². The highest BCUT2D eigenvalue weighted by molar-refractivity contribution is 7.99. The van der Waals surface area contributed by atoms with E-state index in [-0.39, 0.29) is 6.04 Å². The van der Waals surface area contributed by atoms with Gasteiger partial charge in [0, 0.05) is 12.2 Å². The number of thioether (sulfide) groups is 1. The standard InChI is InChI=1S/C13H20N2OS/c1-2-7-17-9-12(15-14)10-3-4-13-11(8-10)5-6-16-13/h3-4,8,12,15H,2,5-7,9,14H2,1H3. The molecule has 4 heteroatoms. The van der Waals surface area contributed by atoms with E-state index in [0.717, 1.165) is 24.5 Å². The van der Waals surface area contributed by atoms with E-state index in [1.807, 2.05) is 11.8 Å². The molecular weight excluding hydrogens is 232 g/mol. The Kier molecular flexibility index (Phi) is 4.71. The predicted octanol–water partition coefficient (Wildman–Crippen LogP) is 2.27. The molecule has 0 spiro atoms. The first-order valence-corrected chi connectivity index (χ1v) is 7.30. The number of rotatable bonds is 6. The second-order valence-electron chi connectivity index (χ2n) is 4.26. The van der Waals surface area contributed by atoms with Crippen molar-refractivity contribution in [2.75, 3.05) is 18.1 Å². The SMILES string of the molecule is CCCSCC(NN)c1ccc2c(c1)CCO2. The normalized spacial score (nSPS) is 15.4. The van der Waals surface area contributed by atoms with Crippen molar-refractivity contribution in [2.24, 2.45) is 5.84 Å². The second-order valence-corrected chi connectivity index (χ2v) is 5.41. The van der Waals surface area contributed by atoms with E-state index in [4.69, 9.17) is 10.6 Å². The summed E-state index contributed by atoms with van der Waals surface area (Å²) >= 11 is 1.94. The van der Waals surface area contributed by atoms with Crippen LogP contribution in [0.25, 0.3) is 0 Å². The van der Waals surface area contributed by atoms with E-state index in [1.54, 1.807) is 0 Å². The first-order chi connectivity index (χ1) is 8.35. The monoisotopic (exact) mass is 252 g/mol. The minimum atomic E-state index is 0.234. The van der Waals surface area contributed by atoms with Gasteiger partial charge in [-0.1, -0.05) is 19.1 Å². The molecule has 0 fully saturated rings. The lowest BCUT2D eigenvalue weighted by Gasteiger charge is -2.16. The molecular formula is C13H20N2OS. The molecule has 94 valence electrons. The Morgan fingerprint density at radius 3 is 3.18 bits per heavy atom. The van der Waals surface area contributed by atoms with Crippen LogP contribution in [-0.2, 0) is 6.42 Å². The maximum atomic E-state index is 5.64. The molecule has 1 aliphatic heterocycles. The summed E-state index contributed by atoms with van der Waals surface area (Å²) in [7, 11) is 0. The van der Waals surface area contributed by atoms with Crippen LogP contribution < -0.4 is 16.0 Å². The Bertz CT molecular complexity index is 370. The third-order valence-electron chi connectivity index (χ3n) is 2.95. The highest BCUT2D eigenvalue weighted by Crippen LogP contribution is 2.29. The number of benzene rings is 1. The molecule has 0 aliphatic carbocycles. The fraction of sp³-hybridized carbons (Fsp3) is 0.538. The molecule has 2 rings (SSSR count). The van der Waals surface area contributed by atoms with Crippen molar-refractivity contribution in [3.8, 4) is 5.75 Å². The van der Waals surface area contributed by atoms with Gasteiger partial charge in [0.15, 0.2) is 0 Å². The Morgan fingerprint density at radius 2 is 2.41 bits per heavy atom. The summed E-state index contributed by atoms with van der Waals surface area (Å²) in [5, 5.41) is 0. The van der Waals surface area contributed by atoms with Crippen LogP contribution in [0.3, 0.4) is 0 Å². The van der Waals surface area contributed by atoms with Crippen LogP contribution in [-0.4, -0.2) is 18.1 Å². The fourth-order valence-corrected chi connectivity index (χ4v) is 2.99. The third kappa shape index (κ3) is 3.15. The Labute approximate surface area is 107 Å². The van der Waals surface area contributed by atoms with Gasteiger partial charge in [-0.25, -0.2) is 0 Å². The molecule has 0 radical (unpaired) electrons. The minimum absolute atomic E-state index is 0.234. The van der Waals surface area contributed by atoms with Gasteiger partial charge in [-0.3, -0.25) is 11.3 Å². The highest BCUT2D eigenvalue weighted by Gasteiger charge is 2.16. The summed E-state index contributed by atoms with van der Waals surface area (Å²) in [6, 6.07) is 6.63. The quantitative estimate of drug-likeness (QED) is 0.463. The van der Waals surface area contributed by atoms with Crippen molar-refractivity contribution in [3.05, 3.63) is 29.3 Å². The van der Waals surface area contributed by atoms with Gasteiger partial charge in [0.05, 0.1) is 12.6 Å². The molecule has 1 aromatic rings. The molecule has 0 saturated heterocycles. The fourth-order valence-electron chi connectivity index (χ4n) is 2.01. The van der Waals surface area contributed by atoms with Gasteiger partial charge in [0.2, 0.25) is 0 Å². The zero-order chi connectivity index (χ0) is 12.1. The van der Waals surface area contributed by atoms with Crippen LogP contribution in [0, 0.1) is 0 Å². The molecule has 1 heterocycles. The van der Waals surface area contributed by atoms with Crippen molar-refractivity contribution >= 4 is 11.8 Å². The van der Waals surface area contributed by atoms with E-state index in [1.165, 1.54) is 23.3 Å². The third-order valence-corrected chi connectivity index (χ3v) is 4.22. The lowest BCUT2D eigenvalue weighted by Crippen LogP contribution is -2.29. The summed E-state index contributed by atoms with van der Waals surface area (Å²) in [6.07, 6.45) is 2.22. The Hall–Kier alpha value is -0.710. The van der Waals surface area contributed by atoms with Crippen LogP contribution in [0.15, 0.2) is 18.2 Å². The molecule has 1 unspecified atom stereocenters. The summed E-state index contributed by atoms with van der Waals surface area (Å²) in [5.74, 6) is 8.88. The van der Waals surface area contributed by atoms with Crippen molar-refractivity contribution in [3.63, 3.8) is 0 Å². The van der Waals surface area contributed by atoms with E-state index < -0.39 is 0 Å². The first-order valence-electron chi connectivity index (χ1n) is 6.14. The van der Waals surface area contributed by atoms with Crippen molar-refractivity contribution in [2.45, 2.75) is 25.8 Å². The topological polar surface area (TPSA) is 47.3 Å². The zero-order valence-corrected chi connectivity index (χ0v) is 11.1. The predicted molar refractivity (Wildman–Crippen MR) is 73.3 cm³/mol. The second kappa shape index (κ2) is 6.28. The van der Waals surface area contributed by atoms with Gasteiger partial charge in [0.1, 0.15) is 5.75 Å². The summed E-state index contributed by atoms with van der Waals surface area (Å²) in [4.78, 5) is 0. The molecule has 17 heavy (non-hydrogen) atoms. The van der Waals surface area contributed by atoms with Crippen LogP contribution in [0.2, 0.25) is 0 Å². The molecule has 1 aromatic carbocycles. The smallest absolute Gasteiger partial charge is 0.122 e. The van der Waals surface area contributed by atoms with Crippen LogP contribution in [0.1, 0.15) is 30.5 Å². The molecule has 3 nitrogen and oxygen atoms in total. The lowest BCUT2D eigenvalue weighted by atomic mass is 10.0. The number of ether oxygens (including phenoxy) is 1. The van der Waals surface area contributed by atoms with Gasteiger partial charge < -0.3 is 4.74 Å². The largest absolute Gasteiger partial charge is 0.493 e. The van der Waals surface area contributed by atoms with Crippen molar-refractivity contribution in [1.29, 1.82) is 0 Å². The van der Waals surface area contributed by atoms with Crippen LogP contribution >= 0.6 is 11.8 Å². The van der Waals surface area contributed by atoms with Gasteiger partial charge >= 0.3 is 0 Å². The molecule has 0 saturated carbocycles. The zero-order valence-electron chi connectivity index (χ0n) is 10.2. The molecule has 0 amide bonds. The number of nitrogens with two attached hydrogens (primary N) is 1. The number of hydrogen-bond acceptors (Lipinski definition) is 4. The van der Waals surface area contributed by atoms with Gasteiger partial charge in [-0.15, -0.1) is 0 Å². The molecule has 1 atom stereocenters. The Balaban J connectivity index is 2.03. The average Bonchev–Trinajstić information content (AvgIpc) is 2.82. The molecule has 0 bridgehead atoms. The lowest BCUT2D eigenvalue weighted by molar-refractivity contribution is 0.356. The maximum absolute atomic E-state index is 5.64. The van der Waals surface area contributed by atoms with Crippen molar-refractivity contribution < 1.29 is 4.74 Å². The van der Waals surface area contributed by atoms with Gasteiger partial charge in [-0.05, 0) is 29.4 Å².